The SMILES string of the molecule is OB(O)Oc1ccc2c(c1)OC(F)(F)O2. The van der Waals surface area contributed by atoms with E-state index in [0.29, 0.717) is 0 Å². The van der Waals surface area contributed by atoms with E-state index >= 15 is 0 Å². The second-order valence-electron chi connectivity index (χ2n) is 2.72. The minimum Gasteiger partial charge on any atom is -0.512 e. The lowest BCUT2D eigenvalue weighted by Crippen LogP contribution is -2.25. The van der Waals surface area contributed by atoms with Gasteiger partial charge >= 0.3 is 13.6 Å². The Morgan fingerprint density at radius 3 is 2.53 bits per heavy atom. The van der Waals surface area contributed by atoms with Gasteiger partial charge in [0.15, 0.2) is 11.5 Å². The van der Waals surface area contributed by atoms with Crippen LogP contribution in [0.4, 0.5) is 8.78 Å². The van der Waals surface area contributed by atoms with Crippen molar-refractivity contribution in [1.82, 2.24) is 0 Å². The fourth-order valence-corrected chi connectivity index (χ4v) is 1.12. The van der Waals surface area contributed by atoms with Gasteiger partial charge in [0.05, 0.1) is 0 Å². The topological polar surface area (TPSA) is 68.2 Å². The summed E-state index contributed by atoms with van der Waals surface area (Å²) in [5.41, 5.74) is 0. The molecule has 0 amide bonds. The highest BCUT2D eigenvalue weighted by molar-refractivity contribution is 6.33. The Kier molecular flexibility index (Phi) is 2.16. The fourth-order valence-electron chi connectivity index (χ4n) is 1.12. The van der Waals surface area contributed by atoms with Gasteiger partial charge < -0.3 is 24.2 Å². The van der Waals surface area contributed by atoms with Gasteiger partial charge in [-0.25, -0.2) is 0 Å². The van der Waals surface area contributed by atoms with Crippen molar-refractivity contribution in [2.24, 2.45) is 0 Å². The van der Waals surface area contributed by atoms with Crippen LogP contribution in [-0.4, -0.2) is 23.7 Å². The summed E-state index contributed by atoms with van der Waals surface area (Å²) in [5.74, 6) is -0.386. The molecular weight excluding hydrogens is 213 g/mol. The van der Waals surface area contributed by atoms with Crippen molar-refractivity contribution in [3.05, 3.63) is 18.2 Å². The van der Waals surface area contributed by atoms with Gasteiger partial charge in [-0.3, -0.25) is 0 Å². The maximum atomic E-state index is 12.5. The average Bonchev–Trinajstić information content (AvgIpc) is 2.36. The third-order valence-electron chi connectivity index (χ3n) is 1.61. The van der Waals surface area contributed by atoms with Gasteiger partial charge in [0.25, 0.3) is 0 Å². The van der Waals surface area contributed by atoms with Crippen LogP contribution >= 0.6 is 0 Å². The first kappa shape index (κ1) is 10.00. The minimum absolute atomic E-state index is 0.0231. The monoisotopic (exact) mass is 218 g/mol. The summed E-state index contributed by atoms with van der Waals surface area (Å²) in [5, 5.41) is 16.9. The number of ether oxygens (including phenoxy) is 2. The van der Waals surface area contributed by atoms with Crippen molar-refractivity contribution < 1.29 is 33.0 Å². The predicted octanol–water partition coefficient (Wildman–Crippen LogP) is 0.356. The van der Waals surface area contributed by atoms with Crippen molar-refractivity contribution in [2.75, 3.05) is 0 Å². The highest BCUT2D eigenvalue weighted by atomic mass is 19.3. The van der Waals surface area contributed by atoms with Crippen molar-refractivity contribution in [3.63, 3.8) is 0 Å². The van der Waals surface area contributed by atoms with Gasteiger partial charge in [0.2, 0.25) is 0 Å². The van der Waals surface area contributed by atoms with Crippen LogP contribution < -0.4 is 14.1 Å². The van der Waals surface area contributed by atoms with E-state index in [1.54, 1.807) is 0 Å². The van der Waals surface area contributed by atoms with E-state index in [1.165, 1.54) is 12.1 Å². The van der Waals surface area contributed by atoms with E-state index < -0.39 is 13.6 Å². The second-order valence-corrected chi connectivity index (χ2v) is 2.72. The molecule has 0 bridgehead atoms. The van der Waals surface area contributed by atoms with E-state index in [2.05, 4.69) is 14.1 Å². The normalized spacial score (nSPS) is 16.3. The van der Waals surface area contributed by atoms with Crippen molar-refractivity contribution in [2.45, 2.75) is 6.29 Å². The van der Waals surface area contributed by atoms with Crippen LogP contribution in [0.3, 0.4) is 0 Å². The van der Waals surface area contributed by atoms with Crippen LogP contribution in [0, 0.1) is 0 Å². The molecule has 0 unspecified atom stereocenters. The number of benzene rings is 1. The zero-order valence-electron chi connectivity index (χ0n) is 7.18. The second kappa shape index (κ2) is 3.25. The molecule has 8 heteroatoms. The Balaban J connectivity index is 2.23. The highest BCUT2D eigenvalue weighted by Gasteiger charge is 2.43. The Bertz CT molecular complexity index is 384. The molecular formula is C7H5BF2O5. The maximum Gasteiger partial charge on any atom is 0.707 e. The van der Waals surface area contributed by atoms with Gasteiger partial charge in [-0.2, -0.15) is 0 Å². The number of alkyl halides is 2. The Labute approximate surface area is 83.0 Å². The molecule has 0 saturated carbocycles. The summed E-state index contributed by atoms with van der Waals surface area (Å²) >= 11 is 0. The van der Waals surface area contributed by atoms with E-state index in [9.17, 15) is 8.78 Å². The average molecular weight is 218 g/mol. The highest BCUT2D eigenvalue weighted by Crippen LogP contribution is 2.42. The molecule has 1 aliphatic rings. The number of hydrogen-bond donors (Lipinski definition) is 2. The summed E-state index contributed by atoms with van der Waals surface area (Å²) in [6.45, 7) is 0. The molecule has 2 N–H and O–H groups in total. The molecule has 1 aromatic carbocycles. The largest absolute Gasteiger partial charge is 0.707 e. The molecule has 80 valence electrons. The zero-order valence-corrected chi connectivity index (χ0v) is 7.18. The Morgan fingerprint density at radius 2 is 1.87 bits per heavy atom. The first-order chi connectivity index (χ1) is 6.96. The minimum atomic E-state index is -3.70. The molecule has 5 nitrogen and oxygen atoms in total. The van der Waals surface area contributed by atoms with Gasteiger partial charge in [-0.15, -0.1) is 8.78 Å². The number of hydrogen-bond acceptors (Lipinski definition) is 5. The molecule has 15 heavy (non-hydrogen) atoms. The van der Waals surface area contributed by atoms with Gasteiger partial charge in [0.1, 0.15) is 5.75 Å². The molecule has 0 spiro atoms. The van der Waals surface area contributed by atoms with Crippen LogP contribution in [0.15, 0.2) is 18.2 Å². The van der Waals surface area contributed by atoms with E-state index in [-0.39, 0.29) is 17.2 Å². The maximum absolute atomic E-state index is 12.5. The summed E-state index contributed by atoms with van der Waals surface area (Å²) in [4.78, 5) is 0. The first-order valence-electron chi connectivity index (χ1n) is 3.89. The Morgan fingerprint density at radius 1 is 1.20 bits per heavy atom. The molecule has 0 aromatic heterocycles. The van der Waals surface area contributed by atoms with Crippen molar-refractivity contribution in [3.8, 4) is 17.2 Å². The zero-order chi connectivity index (χ0) is 11.1. The molecule has 1 aromatic rings. The molecule has 0 aliphatic carbocycles. The fraction of sp³-hybridized carbons (Fsp3) is 0.143. The van der Waals surface area contributed by atoms with E-state index in [4.69, 9.17) is 10.0 Å². The standard InChI is InChI=1S/C7H5BF2O5/c9-7(10)13-5-2-1-4(15-8(11)12)3-6(5)14-7/h1-3,11-12H. The summed E-state index contributed by atoms with van der Waals surface area (Å²) in [6.07, 6.45) is -3.70. The van der Waals surface area contributed by atoms with Crippen LogP contribution in [0.25, 0.3) is 0 Å². The van der Waals surface area contributed by atoms with E-state index in [1.807, 2.05) is 0 Å². The summed E-state index contributed by atoms with van der Waals surface area (Å²) in [6, 6.07) is 3.48. The smallest absolute Gasteiger partial charge is 0.512 e. The lowest BCUT2D eigenvalue weighted by Gasteiger charge is -2.04. The number of fused-ring (bicyclic) bond motifs is 1. The number of rotatable bonds is 2. The molecule has 1 aliphatic heterocycles. The van der Waals surface area contributed by atoms with Crippen LogP contribution in [0.2, 0.25) is 0 Å². The van der Waals surface area contributed by atoms with Crippen LogP contribution in [0.5, 0.6) is 17.2 Å². The number of halogens is 2. The van der Waals surface area contributed by atoms with Crippen LogP contribution in [-0.2, 0) is 0 Å². The van der Waals surface area contributed by atoms with Crippen molar-refractivity contribution in [1.29, 1.82) is 0 Å². The van der Waals surface area contributed by atoms with E-state index in [0.717, 1.165) is 6.07 Å². The molecule has 0 fully saturated rings. The lowest BCUT2D eigenvalue weighted by molar-refractivity contribution is -0.286. The lowest BCUT2D eigenvalue weighted by atomic mass is 10.2. The third-order valence-corrected chi connectivity index (χ3v) is 1.61. The first-order valence-corrected chi connectivity index (χ1v) is 3.89. The summed E-state index contributed by atoms with van der Waals surface area (Å²) in [7, 11) is -2.02. The molecule has 0 saturated heterocycles. The van der Waals surface area contributed by atoms with Crippen molar-refractivity contribution >= 4 is 7.32 Å². The third kappa shape index (κ3) is 2.11. The van der Waals surface area contributed by atoms with Gasteiger partial charge in [-0.05, 0) is 12.1 Å². The molecule has 2 rings (SSSR count). The van der Waals surface area contributed by atoms with Gasteiger partial charge in [0, 0.05) is 6.07 Å². The Hall–Kier alpha value is -1.54. The molecule has 1 heterocycles. The predicted molar refractivity (Wildman–Crippen MR) is 43.5 cm³/mol. The summed E-state index contributed by atoms with van der Waals surface area (Å²) < 4.78 is 37.8. The molecule has 0 radical (unpaired) electrons. The van der Waals surface area contributed by atoms with Crippen LogP contribution in [0.1, 0.15) is 0 Å². The molecule has 0 atom stereocenters. The van der Waals surface area contributed by atoms with Gasteiger partial charge in [-0.1, -0.05) is 0 Å². The quantitative estimate of drug-likeness (QED) is 0.701.